The summed E-state index contributed by atoms with van der Waals surface area (Å²) in [5.41, 5.74) is 1.66. The fourth-order valence-corrected chi connectivity index (χ4v) is 3.95. The number of H-pyrrole nitrogens is 1. The Hall–Kier alpha value is -2.63. The van der Waals surface area contributed by atoms with Gasteiger partial charge in [-0.2, -0.15) is 0 Å². The molecular formula is C22H22ClN3O2. The van der Waals surface area contributed by atoms with Crippen LogP contribution in [0.5, 0.6) is 0 Å². The van der Waals surface area contributed by atoms with Gasteiger partial charge >= 0.3 is 0 Å². The van der Waals surface area contributed by atoms with Crippen molar-refractivity contribution in [2.45, 2.75) is 19.4 Å². The first kappa shape index (κ1) is 18.7. The molecule has 4 rings (SSSR count). The minimum Gasteiger partial charge on any atom is -0.329 e. The third-order valence-electron chi connectivity index (χ3n) is 5.33. The lowest BCUT2D eigenvalue weighted by Crippen LogP contribution is -2.37. The first-order valence-electron chi connectivity index (χ1n) is 9.48. The number of hydrogen-bond donors (Lipinski definition) is 2. The van der Waals surface area contributed by atoms with Gasteiger partial charge in [0.05, 0.1) is 10.7 Å². The quantitative estimate of drug-likeness (QED) is 0.700. The molecule has 3 aromatic rings. The molecular weight excluding hydrogens is 374 g/mol. The van der Waals surface area contributed by atoms with Gasteiger partial charge in [-0.1, -0.05) is 41.9 Å². The second kappa shape index (κ2) is 8.17. The first-order chi connectivity index (χ1) is 13.6. The van der Waals surface area contributed by atoms with Crippen LogP contribution in [0.15, 0.2) is 59.5 Å². The van der Waals surface area contributed by atoms with E-state index in [1.165, 1.54) is 5.56 Å². The average Bonchev–Trinajstić information content (AvgIpc) is 2.71. The minimum absolute atomic E-state index is 0.00884. The molecule has 1 fully saturated rings. The lowest BCUT2D eigenvalue weighted by molar-refractivity contribution is -0.121. The van der Waals surface area contributed by atoms with Gasteiger partial charge in [-0.15, -0.1) is 0 Å². The monoisotopic (exact) mass is 395 g/mol. The molecule has 0 saturated carbocycles. The molecule has 2 heterocycles. The normalized spacial score (nSPS) is 15.6. The molecule has 2 N–H and O–H groups in total. The van der Waals surface area contributed by atoms with E-state index in [1.807, 2.05) is 6.07 Å². The highest BCUT2D eigenvalue weighted by Crippen LogP contribution is 2.28. The fraction of sp³-hybridized carbons (Fsp3) is 0.273. The van der Waals surface area contributed by atoms with Gasteiger partial charge in [-0.05, 0) is 55.1 Å². The summed E-state index contributed by atoms with van der Waals surface area (Å²) >= 11 is 6.30. The summed E-state index contributed by atoms with van der Waals surface area (Å²) in [5, 5.41) is 4.59. The number of halogens is 1. The van der Waals surface area contributed by atoms with Crippen molar-refractivity contribution in [1.82, 2.24) is 9.88 Å². The van der Waals surface area contributed by atoms with Crippen molar-refractivity contribution < 1.29 is 4.79 Å². The number of fused-ring (bicyclic) bond motifs is 1. The van der Waals surface area contributed by atoms with Crippen LogP contribution < -0.4 is 10.9 Å². The second-order valence-electron chi connectivity index (χ2n) is 7.25. The second-order valence-corrected chi connectivity index (χ2v) is 7.66. The van der Waals surface area contributed by atoms with Crippen LogP contribution >= 0.6 is 11.6 Å². The van der Waals surface area contributed by atoms with Crippen molar-refractivity contribution in [3.05, 3.63) is 75.7 Å². The van der Waals surface area contributed by atoms with Crippen molar-refractivity contribution in [3.63, 3.8) is 0 Å². The molecule has 0 unspecified atom stereocenters. The third-order valence-corrected chi connectivity index (χ3v) is 5.64. The number of pyridine rings is 1. The molecule has 1 aromatic heterocycles. The Labute approximate surface area is 168 Å². The highest BCUT2D eigenvalue weighted by atomic mass is 35.5. The molecule has 1 aliphatic rings. The van der Waals surface area contributed by atoms with Gasteiger partial charge in [0.1, 0.15) is 0 Å². The van der Waals surface area contributed by atoms with E-state index < -0.39 is 0 Å². The minimum atomic E-state index is -0.192. The zero-order valence-electron chi connectivity index (χ0n) is 15.5. The molecule has 1 saturated heterocycles. The summed E-state index contributed by atoms with van der Waals surface area (Å²) in [7, 11) is 0. The summed E-state index contributed by atoms with van der Waals surface area (Å²) in [4.78, 5) is 29.6. The van der Waals surface area contributed by atoms with Gasteiger partial charge in [0.2, 0.25) is 5.91 Å². The Balaban J connectivity index is 1.39. The molecule has 0 bridgehead atoms. The van der Waals surface area contributed by atoms with Crippen molar-refractivity contribution in [3.8, 4) is 0 Å². The van der Waals surface area contributed by atoms with Gasteiger partial charge in [-0.3, -0.25) is 14.5 Å². The van der Waals surface area contributed by atoms with E-state index in [2.05, 4.69) is 39.5 Å². The van der Waals surface area contributed by atoms with Gasteiger partial charge < -0.3 is 10.3 Å². The molecule has 0 radical (unpaired) electrons. The molecule has 0 atom stereocenters. The SMILES string of the molecule is O=C(Nc1cc2cc[nH]c(=O)c2cc1Cl)C1CCN(Cc2ccccc2)CC1. The van der Waals surface area contributed by atoms with Crippen molar-refractivity contribution in [2.75, 3.05) is 18.4 Å². The average molecular weight is 396 g/mol. The number of anilines is 1. The Morgan fingerprint density at radius 2 is 1.89 bits per heavy atom. The number of nitrogens with one attached hydrogen (secondary N) is 2. The molecule has 1 amide bonds. The van der Waals surface area contributed by atoms with Crippen LogP contribution in [0.25, 0.3) is 10.8 Å². The van der Waals surface area contributed by atoms with Crippen LogP contribution in [0.2, 0.25) is 5.02 Å². The lowest BCUT2D eigenvalue weighted by Gasteiger charge is -2.31. The molecule has 144 valence electrons. The Bertz CT molecular complexity index is 1040. The fourth-order valence-electron chi connectivity index (χ4n) is 3.73. The number of rotatable bonds is 4. The molecule has 0 spiro atoms. The largest absolute Gasteiger partial charge is 0.329 e. The van der Waals surface area contributed by atoms with Crippen LogP contribution in [0.1, 0.15) is 18.4 Å². The van der Waals surface area contributed by atoms with Crippen molar-refractivity contribution >= 4 is 34.0 Å². The number of carbonyl (C=O) groups is 1. The van der Waals surface area contributed by atoms with Gasteiger partial charge in [0.15, 0.2) is 0 Å². The highest BCUT2D eigenvalue weighted by molar-refractivity contribution is 6.34. The predicted octanol–water partition coefficient (Wildman–Crippen LogP) is 4.03. The molecule has 5 nitrogen and oxygen atoms in total. The maximum atomic E-state index is 12.7. The topological polar surface area (TPSA) is 65.2 Å². The van der Waals surface area contributed by atoms with Gasteiger partial charge in [0.25, 0.3) is 5.56 Å². The lowest BCUT2D eigenvalue weighted by atomic mass is 9.95. The summed E-state index contributed by atoms with van der Waals surface area (Å²) in [5.74, 6) is -0.0385. The van der Waals surface area contributed by atoms with E-state index in [0.717, 1.165) is 37.9 Å². The van der Waals surface area contributed by atoms with E-state index in [9.17, 15) is 9.59 Å². The number of carbonyl (C=O) groups excluding carboxylic acids is 1. The van der Waals surface area contributed by atoms with E-state index in [1.54, 1.807) is 24.4 Å². The maximum absolute atomic E-state index is 12.7. The van der Waals surface area contributed by atoms with Gasteiger partial charge in [-0.25, -0.2) is 0 Å². The number of nitrogens with zero attached hydrogens (tertiary/aromatic N) is 1. The summed E-state index contributed by atoms with van der Waals surface area (Å²) in [6, 6.07) is 15.5. The molecule has 6 heteroatoms. The third kappa shape index (κ3) is 4.11. The number of likely N-dealkylation sites (tertiary alicyclic amines) is 1. The zero-order valence-corrected chi connectivity index (χ0v) is 16.2. The molecule has 28 heavy (non-hydrogen) atoms. The van der Waals surface area contributed by atoms with E-state index in [0.29, 0.717) is 16.1 Å². The summed E-state index contributed by atoms with van der Waals surface area (Å²) < 4.78 is 0. The van der Waals surface area contributed by atoms with Crippen molar-refractivity contribution in [1.29, 1.82) is 0 Å². The summed E-state index contributed by atoms with van der Waals surface area (Å²) in [6.07, 6.45) is 3.24. The Kier molecular flexibility index (Phi) is 5.46. The molecule has 1 aliphatic heterocycles. The predicted molar refractivity (Wildman–Crippen MR) is 113 cm³/mol. The van der Waals surface area contributed by atoms with Gasteiger partial charge in [0, 0.05) is 24.0 Å². The van der Waals surface area contributed by atoms with Crippen LogP contribution in [0.4, 0.5) is 5.69 Å². The van der Waals surface area contributed by atoms with E-state index >= 15 is 0 Å². The Morgan fingerprint density at radius 1 is 1.14 bits per heavy atom. The van der Waals surface area contributed by atoms with E-state index in [-0.39, 0.29) is 17.4 Å². The molecule has 2 aromatic carbocycles. The van der Waals surface area contributed by atoms with Crippen LogP contribution in [-0.2, 0) is 11.3 Å². The Morgan fingerprint density at radius 3 is 2.64 bits per heavy atom. The highest BCUT2D eigenvalue weighted by Gasteiger charge is 2.25. The van der Waals surface area contributed by atoms with Crippen molar-refractivity contribution in [2.24, 2.45) is 5.92 Å². The zero-order chi connectivity index (χ0) is 19.5. The van der Waals surface area contributed by atoms with Crippen LogP contribution in [-0.4, -0.2) is 28.9 Å². The molecule has 0 aliphatic carbocycles. The smallest absolute Gasteiger partial charge is 0.255 e. The maximum Gasteiger partial charge on any atom is 0.255 e. The number of piperidine rings is 1. The van der Waals surface area contributed by atoms with E-state index in [4.69, 9.17) is 11.6 Å². The number of hydrogen-bond acceptors (Lipinski definition) is 3. The van der Waals surface area contributed by atoms with Crippen LogP contribution in [0.3, 0.4) is 0 Å². The summed E-state index contributed by atoms with van der Waals surface area (Å²) in [6.45, 7) is 2.71. The number of aromatic amines is 1. The number of benzene rings is 2. The first-order valence-corrected chi connectivity index (χ1v) is 9.86. The number of aromatic nitrogens is 1. The number of amides is 1. The van der Waals surface area contributed by atoms with Crippen LogP contribution in [0, 0.1) is 5.92 Å². The standard InChI is InChI=1S/C22H22ClN3O2/c23-19-13-18-17(6-9-24-22(18)28)12-20(19)25-21(27)16-7-10-26(11-8-16)14-15-4-2-1-3-5-15/h1-6,9,12-13,16H,7-8,10-11,14H2,(H,24,28)(H,25,27).